The minimum Gasteiger partial charge on any atom is -0.508 e. The third-order valence-electron chi connectivity index (χ3n) is 6.07. The van der Waals surface area contributed by atoms with Gasteiger partial charge in [0.15, 0.2) is 0 Å². The number of aliphatic hydroxyl groups excluding tert-OH is 4. The van der Waals surface area contributed by atoms with Crippen molar-refractivity contribution in [3.63, 3.8) is 0 Å². The van der Waals surface area contributed by atoms with Crippen LogP contribution in [0.4, 0.5) is 0 Å². The number of hydrogen-bond donors (Lipinski definition) is 5. The van der Waals surface area contributed by atoms with Crippen LogP contribution in [0.1, 0.15) is 34.8 Å². The Balaban J connectivity index is 1.76. The molecule has 2 fully saturated rings. The Morgan fingerprint density at radius 3 is 2.45 bits per heavy atom. The standard InChI is InChI=1S/C24H27NO8/c25-10-15-9-19(32-17-5-6-31-12-17)18(8-14(15)7-13-1-3-16(27)4-2-13)24-23(30)22(29)21(28)20(11-26)33-24/h1-4,8-9,17,20-24,26-30H,5-7,11-12H2/t17?,20-,21-,22+,23-,24+/m1/s1. The molecule has 0 spiro atoms. The van der Waals surface area contributed by atoms with E-state index in [4.69, 9.17) is 14.2 Å². The van der Waals surface area contributed by atoms with E-state index in [1.54, 1.807) is 36.4 Å². The number of ether oxygens (including phenoxy) is 3. The highest BCUT2D eigenvalue weighted by Gasteiger charge is 2.45. The molecule has 9 nitrogen and oxygen atoms in total. The first-order valence-corrected chi connectivity index (χ1v) is 10.8. The van der Waals surface area contributed by atoms with E-state index >= 15 is 0 Å². The Bertz CT molecular complexity index is 997. The fraction of sp³-hybridized carbons (Fsp3) is 0.458. The van der Waals surface area contributed by atoms with Crippen molar-refractivity contribution >= 4 is 0 Å². The Hall–Kier alpha value is -2.71. The average Bonchev–Trinajstić information content (AvgIpc) is 3.33. The summed E-state index contributed by atoms with van der Waals surface area (Å²) in [5, 5.41) is 60.1. The van der Waals surface area contributed by atoms with Gasteiger partial charge in [-0.3, -0.25) is 0 Å². The highest BCUT2D eigenvalue weighted by molar-refractivity contribution is 5.51. The molecule has 0 bridgehead atoms. The number of benzene rings is 2. The first kappa shape index (κ1) is 23.4. The van der Waals surface area contributed by atoms with Gasteiger partial charge in [-0.2, -0.15) is 5.26 Å². The predicted molar refractivity (Wildman–Crippen MR) is 115 cm³/mol. The molecule has 0 amide bonds. The van der Waals surface area contributed by atoms with E-state index in [-0.39, 0.29) is 11.9 Å². The Morgan fingerprint density at radius 1 is 1.06 bits per heavy atom. The lowest BCUT2D eigenvalue weighted by atomic mass is 9.88. The van der Waals surface area contributed by atoms with Gasteiger partial charge in [0.25, 0.3) is 0 Å². The Kier molecular flexibility index (Phi) is 7.14. The zero-order valence-electron chi connectivity index (χ0n) is 17.9. The Morgan fingerprint density at radius 2 is 1.82 bits per heavy atom. The largest absolute Gasteiger partial charge is 0.508 e. The lowest BCUT2D eigenvalue weighted by molar-refractivity contribution is -0.232. The van der Waals surface area contributed by atoms with Gasteiger partial charge in [0, 0.05) is 12.0 Å². The van der Waals surface area contributed by atoms with Crippen molar-refractivity contribution in [3.05, 3.63) is 58.7 Å². The molecular weight excluding hydrogens is 430 g/mol. The van der Waals surface area contributed by atoms with Crippen LogP contribution in [0.3, 0.4) is 0 Å². The molecule has 2 aromatic carbocycles. The van der Waals surface area contributed by atoms with Crippen molar-refractivity contribution in [2.45, 2.75) is 49.5 Å². The second-order valence-electron chi connectivity index (χ2n) is 8.36. The molecular formula is C24H27NO8. The van der Waals surface area contributed by atoms with Crippen LogP contribution in [-0.4, -0.2) is 75.9 Å². The summed E-state index contributed by atoms with van der Waals surface area (Å²) >= 11 is 0. The van der Waals surface area contributed by atoms with E-state index in [9.17, 15) is 30.8 Å². The van der Waals surface area contributed by atoms with Gasteiger partial charge >= 0.3 is 0 Å². The van der Waals surface area contributed by atoms with Crippen LogP contribution < -0.4 is 4.74 Å². The number of aliphatic hydroxyl groups is 4. The first-order chi connectivity index (χ1) is 15.9. The van der Waals surface area contributed by atoms with Crippen molar-refractivity contribution in [1.29, 1.82) is 5.26 Å². The minimum atomic E-state index is -1.54. The molecule has 2 aliphatic rings. The zero-order chi connectivity index (χ0) is 23.5. The van der Waals surface area contributed by atoms with E-state index in [0.717, 1.165) is 5.56 Å². The van der Waals surface area contributed by atoms with E-state index in [0.29, 0.717) is 48.5 Å². The number of aromatic hydroxyl groups is 1. The second kappa shape index (κ2) is 10.1. The number of nitriles is 1. The summed E-state index contributed by atoms with van der Waals surface area (Å²) in [4.78, 5) is 0. The van der Waals surface area contributed by atoms with Crippen LogP contribution in [0.25, 0.3) is 0 Å². The fourth-order valence-electron chi connectivity index (χ4n) is 4.20. The summed E-state index contributed by atoms with van der Waals surface area (Å²) in [5.74, 6) is 0.435. The third kappa shape index (κ3) is 4.96. The lowest BCUT2D eigenvalue weighted by Gasteiger charge is -2.40. The molecule has 176 valence electrons. The summed E-state index contributed by atoms with van der Waals surface area (Å²) in [6.07, 6.45) is -5.92. The lowest BCUT2D eigenvalue weighted by Crippen LogP contribution is -2.55. The van der Waals surface area contributed by atoms with Gasteiger partial charge in [0.2, 0.25) is 0 Å². The van der Waals surface area contributed by atoms with Gasteiger partial charge in [-0.25, -0.2) is 0 Å². The monoisotopic (exact) mass is 457 g/mol. The van der Waals surface area contributed by atoms with Crippen LogP contribution in [0.5, 0.6) is 11.5 Å². The molecule has 6 atom stereocenters. The normalized spacial score (nSPS) is 29.5. The van der Waals surface area contributed by atoms with Crippen molar-refractivity contribution < 1.29 is 39.7 Å². The number of phenolic OH excluding ortho intramolecular Hbond substituents is 1. The van der Waals surface area contributed by atoms with E-state index < -0.39 is 37.1 Å². The van der Waals surface area contributed by atoms with Crippen molar-refractivity contribution in [3.8, 4) is 17.6 Å². The molecule has 2 aliphatic heterocycles. The molecule has 9 heteroatoms. The van der Waals surface area contributed by atoms with Gasteiger partial charge in [0.05, 0.1) is 31.5 Å². The van der Waals surface area contributed by atoms with Crippen LogP contribution in [0.15, 0.2) is 36.4 Å². The van der Waals surface area contributed by atoms with Crippen molar-refractivity contribution in [2.24, 2.45) is 0 Å². The molecule has 4 rings (SSSR count). The molecule has 2 heterocycles. The molecule has 0 saturated carbocycles. The zero-order valence-corrected chi connectivity index (χ0v) is 17.9. The molecule has 5 N–H and O–H groups in total. The average molecular weight is 457 g/mol. The topological polar surface area (TPSA) is 153 Å². The summed E-state index contributed by atoms with van der Waals surface area (Å²) in [5.41, 5.74) is 2.24. The van der Waals surface area contributed by atoms with Crippen molar-refractivity contribution in [1.82, 2.24) is 0 Å². The highest BCUT2D eigenvalue weighted by atomic mass is 16.6. The van der Waals surface area contributed by atoms with Crippen LogP contribution in [-0.2, 0) is 15.9 Å². The molecule has 0 radical (unpaired) electrons. The quantitative estimate of drug-likeness (QED) is 0.418. The minimum absolute atomic E-state index is 0.129. The number of hydrogen-bond acceptors (Lipinski definition) is 9. The summed E-state index contributed by atoms with van der Waals surface area (Å²) in [7, 11) is 0. The van der Waals surface area contributed by atoms with Gasteiger partial charge in [0.1, 0.15) is 48.1 Å². The molecule has 2 aromatic rings. The first-order valence-electron chi connectivity index (χ1n) is 10.8. The summed E-state index contributed by atoms with van der Waals surface area (Å²) in [6.45, 7) is 0.375. The SMILES string of the molecule is N#Cc1cc(OC2CCOC2)c([C@@H]2O[C@H](CO)[C@@H](O)[C@H](O)[C@H]2O)cc1Cc1ccc(O)cc1. The predicted octanol–water partition coefficient (Wildman–Crippen LogP) is 0.537. The molecule has 2 saturated heterocycles. The van der Waals surface area contributed by atoms with Crippen LogP contribution in [0.2, 0.25) is 0 Å². The third-order valence-corrected chi connectivity index (χ3v) is 6.07. The van der Waals surface area contributed by atoms with Crippen LogP contribution >= 0.6 is 0 Å². The highest BCUT2D eigenvalue weighted by Crippen LogP contribution is 2.39. The van der Waals surface area contributed by atoms with Gasteiger partial charge in [-0.1, -0.05) is 12.1 Å². The van der Waals surface area contributed by atoms with E-state index in [1.807, 2.05) is 0 Å². The smallest absolute Gasteiger partial charge is 0.127 e. The van der Waals surface area contributed by atoms with Crippen molar-refractivity contribution in [2.75, 3.05) is 19.8 Å². The maximum absolute atomic E-state index is 10.7. The van der Waals surface area contributed by atoms with E-state index in [2.05, 4.69) is 6.07 Å². The summed E-state index contributed by atoms with van der Waals surface area (Å²) < 4.78 is 17.2. The van der Waals surface area contributed by atoms with Gasteiger partial charge < -0.3 is 39.7 Å². The fourth-order valence-corrected chi connectivity index (χ4v) is 4.20. The molecule has 0 aromatic heterocycles. The van der Waals surface area contributed by atoms with E-state index in [1.165, 1.54) is 0 Å². The second-order valence-corrected chi connectivity index (χ2v) is 8.36. The molecule has 1 unspecified atom stereocenters. The van der Waals surface area contributed by atoms with Gasteiger partial charge in [-0.15, -0.1) is 0 Å². The number of rotatable bonds is 6. The maximum Gasteiger partial charge on any atom is 0.127 e. The number of nitrogens with zero attached hydrogens (tertiary/aromatic N) is 1. The maximum atomic E-state index is 10.7. The van der Waals surface area contributed by atoms with Crippen LogP contribution in [0, 0.1) is 11.3 Å². The molecule has 33 heavy (non-hydrogen) atoms. The number of phenols is 1. The molecule has 0 aliphatic carbocycles. The Labute approximate surface area is 191 Å². The summed E-state index contributed by atoms with van der Waals surface area (Å²) in [6, 6.07) is 12.0. The van der Waals surface area contributed by atoms with Gasteiger partial charge in [-0.05, 0) is 41.8 Å².